The molecule has 4 rings (SSSR count). The lowest BCUT2D eigenvalue weighted by atomic mass is 9.87. The number of aliphatic hydroxyl groups excluding tert-OH is 8. The fourth-order valence-electron chi connectivity index (χ4n) is 5.51. The highest BCUT2D eigenvalue weighted by Gasteiger charge is 2.64. The van der Waals surface area contributed by atoms with Crippen LogP contribution in [0.5, 0.6) is 0 Å². The normalized spacial score (nSPS) is 49.3. The van der Waals surface area contributed by atoms with Gasteiger partial charge in [-0.3, -0.25) is 0 Å². The molecule has 0 saturated carbocycles. The van der Waals surface area contributed by atoms with Crippen LogP contribution in [0.3, 0.4) is 0 Å². The van der Waals surface area contributed by atoms with E-state index >= 15 is 0 Å². The first-order valence-corrected chi connectivity index (χ1v) is 13.0. The molecule has 0 aliphatic carbocycles. The second-order valence-electron chi connectivity index (χ2n) is 10.5. The van der Waals surface area contributed by atoms with Crippen LogP contribution in [0, 0.1) is 5.92 Å². The monoisotopic (exact) mass is 585 g/mol. The number of ether oxygens (including phenoxy) is 7. The Morgan fingerprint density at radius 1 is 1.00 bits per heavy atom. The van der Waals surface area contributed by atoms with E-state index in [4.69, 9.17) is 38.9 Å². The van der Waals surface area contributed by atoms with E-state index in [1.54, 1.807) is 6.92 Å². The second kappa shape index (κ2) is 12.6. The van der Waals surface area contributed by atoms with E-state index in [0.29, 0.717) is 0 Å². The van der Waals surface area contributed by atoms with Crippen molar-refractivity contribution < 1.29 is 78.8 Å². The maximum atomic E-state index is 13.1. The molecule has 16 atom stereocenters. The molecule has 4 saturated heterocycles. The predicted octanol–water partition coefficient (Wildman–Crippen LogP) is -5.99. The van der Waals surface area contributed by atoms with E-state index in [-0.39, 0.29) is 0 Å². The Labute approximate surface area is 228 Å². The number of rotatable bonds is 8. The number of carbonyl (C=O) groups is 1. The number of nitrogens with two attached hydrogens (primary N) is 1. The van der Waals surface area contributed by atoms with Gasteiger partial charge in [0.2, 0.25) is 0 Å². The number of esters is 1. The quantitative estimate of drug-likeness (QED) is 0.120. The van der Waals surface area contributed by atoms with Gasteiger partial charge in [-0.2, -0.15) is 0 Å². The smallest absolute Gasteiger partial charge is 0.367 e. The first-order chi connectivity index (χ1) is 18.9. The van der Waals surface area contributed by atoms with Crippen molar-refractivity contribution in [3.05, 3.63) is 0 Å². The van der Waals surface area contributed by atoms with Crippen LogP contribution in [0.15, 0.2) is 0 Å². The van der Waals surface area contributed by atoms with Gasteiger partial charge in [0, 0.05) is 19.4 Å². The largest absolute Gasteiger partial charge is 0.453 e. The standard InChI is InChI=1S/C23H39NO16/c1-7-13(30)16(10(5-26)35-20(7)34-2)37-21-15(32)19-17(11(6-27)36-21)38-22(33)23(40-19)3-8(28)12(24)18(39-23)14(31)9(29)4-25/h7-21,25-32H,3-6,24H2,1-2H3/t7-,8+,9+,10?,11?,12+,13?,14+,15-,16+,17-,18?,19?,20+,21-,23-/m0/s1. The van der Waals surface area contributed by atoms with Crippen molar-refractivity contribution in [3.63, 3.8) is 0 Å². The summed E-state index contributed by atoms with van der Waals surface area (Å²) in [6.07, 6.45) is -19.2. The van der Waals surface area contributed by atoms with Crippen molar-refractivity contribution in [2.45, 2.75) is 105 Å². The van der Waals surface area contributed by atoms with Crippen molar-refractivity contribution in [3.8, 4) is 0 Å². The minimum atomic E-state index is -2.42. The molecule has 10 N–H and O–H groups in total. The summed E-state index contributed by atoms with van der Waals surface area (Å²) in [5.41, 5.74) is 5.93. The van der Waals surface area contributed by atoms with Crippen LogP contribution in [-0.4, -0.2) is 165 Å². The molecular weight excluding hydrogens is 546 g/mol. The van der Waals surface area contributed by atoms with Crippen LogP contribution in [0.2, 0.25) is 0 Å². The number of hydrogen-bond donors (Lipinski definition) is 9. The van der Waals surface area contributed by atoms with Gasteiger partial charge in [-0.1, -0.05) is 6.92 Å². The van der Waals surface area contributed by atoms with Gasteiger partial charge < -0.3 is 79.7 Å². The summed E-state index contributed by atoms with van der Waals surface area (Å²) < 4.78 is 39.3. The highest BCUT2D eigenvalue weighted by molar-refractivity contribution is 5.79. The van der Waals surface area contributed by atoms with E-state index in [9.17, 15) is 45.6 Å². The molecular formula is C23H39NO16. The molecule has 0 bridgehead atoms. The van der Waals surface area contributed by atoms with Crippen LogP contribution in [0.25, 0.3) is 0 Å². The Morgan fingerprint density at radius 2 is 1.65 bits per heavy atom. The first-order valence-electron chi connectivity index (χ1n) is 13.0. The molecule has 0 amide bonds. The molecule has 4 aliphatic heterocycles. The number of hydrogen-bond acceptors (Lipinski definition) is 17. The molecule has 4 fully saturated rings. The minimum Gasteiger partial charge on any atom is -0.453 e. The van der Waals surface area contributed by atoms with Gasteiger partial charge in [-0.05, 0) is 0 Å². The summed E-state index contributed by atoms with van der Waals surface area (Å²) in [4.78, 5) is 13.1. The van der Waals surface area contributed by atoms with E-state index in [1.807, 2.05) is 0 Å². The maximum absolute atomic E-state index is 13.1. The van der Waals surface area contributed by atoms with E-state index in [0.717, 1.165) is 0 Å². The Balaban J connectivity index is 1.58. The molecule has 17 nitrogen and oxygen atoms in total. The molecule has 0 aromatic carbocycles. The minimum absolute atomic E-state index is 0.584. The lowest BCUT2D eigenvalue weighted by molar-refractivity contribution is -0.403. The lowest BCUT2D eigenvalue weighted by Crippen LogP contribution is -2.73. The van der Waals surface area contributed by atoms with Crippen molar-refractivity contribution in [2.75, 3.05) is 26.9 Å². The Kier molecular flexibility index (Phi) is 10.0. The fraction of sp³-hybridized carbons (Fsp3) is 0.957. The van der Waals surface area contributed by atoms with Gasteiger partial charge in [0.1, 0.15) is 48.8 Å². The summed E-state index contributed by atoms with van der Waals surface area (Å²) >= 11 is 0. The lowest BCUT2D eigenvalue weighted by Gasteiger charge is -2.54. The number of fused-ring (bicyclic) bond motifs is 1. The van der Waals surface area contributed by atoms with Crippen LogP contribution in [-0.2, 0) is 38.0 Å². The van der Waals surface area contributed by atoms with Crippen LogP contribution >= 0.6 is 0 Å². The zero-order valence-electron chi connectivity index (χ0n) is 21.9. The van der Waals surface area contributed by atoms with Crippen LogP contribution < -0.4 is 5.73 Å². The van der Waals surface area contributed by atoms with Gasteiger partial charge in [0.05, 0.1) is 38.1 Å². The van der Waals surface area contributed by atoms with Crippen LogP contribution in [0.4, 0.5) is 0 Å². The predicted molar refractivity (Wildman–Crippen MR) is 125 cm³/mol. The van der Waals surface area contributed by atoms with Gasteiger partial charge in [-0.15, -0.1) is 0 Å². The van der Waals surface area contributed by atoms with Crippen LogP contribution in [0.1, 0.15) is 13.3 Å². The second-order valence-corrected chi connectivity index (χ2v) is 10.5. The molecule has 4 heterocycles. The maximum Gasteiger partial charge on any atom is 0.367 e. The Hall–Kier alpha value is -1.13. The molecule has 40 heavy (non-hydrogen) atoms. The topological polar surface area (TPSA) is 270 Å². The number of aliphatic hydroxyl groups is 8. The zero-order valence-corrected chi connectivity index (χ0v) is 21.9. The van der Waals surface area contributed by atoms with Crippen molar-refractivity contribution in [2.24, 2.45) is 11.7 Å². The molecule has 0 radical (unpaired) electrons. The fourth-order valence-corrected chi connectivity index (χ4v) is 5.51. The van der Waals surface area contributed by atoms with E-state index in [1.165, 1.54) is 7.11 Å². The van der Waals surface area contributed by atoms with Gasteiger partial charge in [0.15, 0.2) is 18.7 Å². The summed E-state index contributed by atoms with van der Waals surface area (Å²) in [7, 11) is 1.37. The molecule has 0 aromatic heterocycles. The summed E-state index contributed by atoms with van der Waals surface area (Å²) in [5.74, 6) is -4.21. The molecule has 5 unspecified atom stereocenters. The molecule has 0 aromatic rings. The molecule has 1 spiro atoms. The van der Waals surface area contributed by atoms with Gasteiger partial charge in [-0.25, -0.2) is 4.79 Å². The number of methoxy groups -OCH3 is 1. The first kappa shape index (κ1) is 31.8. The highest BCUT2D eigenvalue weighted by Crippen LogP contribution is 2.42. The third-order valence-corrected chi connectivity index (χ3v) is 7.90. The highest BCUT2D eigenvalue weighted by atomic mass is 16.8. The summed E-state index contributed by atoms with van der Waals surface area (Å²) in [6.45, 7) is -0.560. The third-order valence-electron chi connectivity index (χ3n) is 7.90. The average molecular weight is 586 g/mol. The van der Waals surface area contributed by atoms with Crippen molar-refractivity contribution >= 4 is 5.97 Å². The van der Waals surface area contributed by atoms with Crippen molar-refractivity contribution in [1.29, 1.82) is 0 Å². The number of carbonyl (C=O) groups excluding carboxylic acids is 1. The molecule has 232 valence electrons. The van der Waals surface area contributed by atoms with Gasteiger partial charge in [0.25, 0.3) is 5.79 Å². The SMILES string of the molecule is CO[C@@H]1OC(CO)[C@@H](O[C@@H]2OC(CO)[C@@H]3OC(=O)[C@]4(C[C@@H](O)[C@@H](N)C([C@H](O)[C@H](O)CO)O4)OC3[C@@H]2O)C(O)[C@@H]1C. The molecule has 4 aliphatic rings. The van der Waals surface area contributed by atoms with E-state index in [2.05, 4.69) is 0 Å². The summed E-state index contributed by atoms with van der Waals surface area (Å²) in [5, 5.41) is 82.0. The third kappa shape index (κ3) is 5.62. The van der Waals surface area contributed by atoms with Crippen molar-refractivity contribution in [1.82, 2.24) is 0 Å². The van der Waals surface area contributed by atoms with E-state index < -0.39 is 130 Å². The average Bonchev–Trinajstić information content (AvgIpc) is 2.95. The Morgan fingerprint density at radius 3 is 2.25 bits per heavy atom. The zero-order chi connectivity index (χ0) is 29.5. The Bertz CT molecular complexity index is 867. The summed E-state index contributed by atoms with van der Waals surface area (Å²) in [6, 6.07) is -1.31. The van der Waals surface area contributed by atoms with Gasteiger partial charge >= 0.3 is 5.97 Å². The molecule has 17 heteroatoms.